The van der Waals surface area contributed by atoms with Gasteiger partial charge in [-0.2, -0.15) is 0 Å². The van der Waals surface area contributed by atoms with Gasteiger partial charge in [-0.25, -0.2) is 0 Å². The lowest BCUT2D eigenvalue weighted by molar-refractivity contribution is -0.118. The molecule has 110 valence electrons. The quantitative estimate of drug-likeness (QED) is 0.847. The number of nitrogens with two attached hydrogens (primary N) is 1. The summed E-state index contributed by atoms with van der Waals surface area (Å²) < 4.78 is 5.22. The van der Waals surface area contributed by atoms with Crippen molar-refractivity contribution in [2.75, 3.05) is 38.2 Å². The summed E-state index contributed by atoms with van der Waals surface area (Å²) >= 11 is 0. The zero-order valence-corrected chi connectivity index (χ0v) is 11.8. The van der Waals surface area contributed by atoms with Gasteiger partial charge in [-0.15, -0.1) is 12.4 Å². The minimum Gasteiger partial charge on any atom is -0.379 e. The SMILES string of the molecule is Cl.NC(=O)c1cccc(NC(=O)CN2CCOCC2)c1. The molecule has 0 bridgehead atoms. The van der Waals surface area contributed by atoms with E-state index in [2.05, 4.69) is 5.32 Å². The van der Waals surface area contributed by atoms with Crippen LogP contribution in [-0.2, 0) is 9.53 Å². The molecule has 0 saturated carbocycles. The molecule has 1 fully saturated rings. The van der Waals surface area contributed by atoms with Crippen molar-refractivity contribution in [1.82, 2.24) is 4.90 Å². The maximum absolute atomic E-state index is 11.9. The molecule has 20 heavy (non-hydrogen) atoms. The third-order valence-corrected chi connectivity index (χ3v) is 2.90. The third kappa shape index (κ3) is 4.80. The van der Waals surface area contributed by atoms with E-state index >= 15 is 0 Å². The van der Waals surface area contributed by atoms with Crippen molar-refractivity contribution < 1.29 is 14.3 Å². The molecule has 0 radical (unpaired) electrons. The van der Waals surface area contributed by atoms with Crippen LogP contribution in [0.15, 0.2) is 24.3 Å². The predicted molar refractivity (Wildman–Crippen MR) is 78.1 cm³/mol. The summed E-state index contributed by atoms with van der Waals surface area (Å²) in [5, 5.41) is 2.76. The minimum atomic E-state index is -0.510. The first-order valence-electron chi connectivity index (χ1n) is 6.15. The van der Waals surface area contributed by atoms with E-state index in [9.17, 15) is 9.59 Å². The molecule has 1 aromatic rings. The largest absolute Gasteiger partial charge is 0.379 e. The maximum atomic E-state index is 11.9. The van der Waals surface area contributed by atoms with Crippen LogP contribution < -0.4 is 11.1 Å². The lowest BCUT2D eigenvalue weighted by Crippen LogP contribution is -2.41. The van der Waals surface area contributed by atoms with Crippen LogP contribution in [0.5, 0.6) is 0 Å². The molecule has 0 spiro atoms. The molecule has 1 heterocycles. The molecule has 2 amide bonds. The normalized spacial score (nSPS) is 15.2. The number of rotatable bonds is 4. The van der Waals surface area contributed by atoms with Crippen molar-refractivity contribution in [1.29, 1.82) is 0 Å². The van der Waals surface area contributed by atoms with Crippen LogP contribution >= 0.6 is 12.4 Å². The van der Waals surface area contributed by atoms with Gasteiger partial charge in [-0.05, 0) is 18.2 Å². The summed E-state index contributed by atoms with van der Waals surface area (Å²) in [6, 6.07) is 6.59. The number of hydrogen-bond donors (Lipinski definition) is 2. The van der Waals surface area contributed by atoms with Crippen molar-refractivity contribution in [3.8, 4) is 0 Å². The molecule has 6 nitrogen and oxygen atoms in total. The average molecular weight is 300 g/mol. The first kappa shape index (κ1) is 16.4. The topological polar surface area (TPSA) is 84.7 Å². The van der Waals surface area contributed by atoms with E-state index in [1.165, 1.54) is 0 Å². The Morgan fingerprint density at radius 2 is 2.00 bits per heavy atom. The highest BCUT2D eigenvalue weighted by Crippen LogP contribution is 2.10. The minimum absolute atomic E-state index is 0. The number of benzene rings is 1. The van der Waals surface area contributed by atoms with Gasteiger partial charge < -0.3 is 15.8 Å². The van der Waals surface area contributed by atoms with Crippen LogP contribution in [0, 0.1) is 0 Å². The molecule has 0 aliphatic carbocycles. The van der Waals surface area contributed by atoms with Crippen LogP contribution in [0.4, 0.5) is 5.69 Å². The second-order valence-corrected chi connectivity index (χ2v) is 4.38. The Bertz CT molecular complexity index is 476. The Balaban J connectivity index is 0.00000200. The summed E-state index contributed by atoms with van der Waals surface area (Å²) in [6.07, 6.45) is 0. The molecule has 3 N–H and O–H groups in total. The predicted octanol–water partition coefficient (Wildman–Crippen LogP) is 0.478. The molecule has 1 aliphatic heterocycles. The zero-order valence-electron chi connectivity index (χ0n) is 11.0. The van der Waals surface area contributed by atoms with Gasteiger partial charge in [0.2, 0.25) is 11.8 Å². The average Bonchev–Trinajstić information content (AvgIpc) is 2.40. The monoisotopic (exact) mass is 299 g/mol. The van der Waals surface area contributed by atoms with Gasteiger partial charge >= 0.3 is 0 Å². The number of hydrogen-bond acceptors (Lipinski definition) is 4. The molecular weight excluding hydrogens is 282 g/mol. The second-order valence-electron chi connectivity index (χ2n) is 4.38. The number of carbonyl (C=O) groups is 2. The van der Waals surface area contributed by atoms with Crippen LogP contribution in [0.1, 0.15) is 10.4 Å². The molecule has 1 aliphatic rings. The Labute approximate surface area is 123 Å². The number of nitrogens with one attached hydrogen (secondary N) is 1. The zero-order chi connectivity index (χ0) is 13.7. The Kier molecular flexibility index (Phi) is 6.44. The van der Waals surface area contributed by atoms with Crippen molar-refractivity contribution in [3.05, 3.63) is 29.8 Å². The summed E-state index contributed by atoms with van der Waals surface area (Å²) in [5.74, 6) is -0.618. The lowest BCUT2D eigenvalue weighted by Gasteiger charge is -2.25. The molecule has 7 heteroatoms. The van der Waals surface area contributed by atoms with Gasteiger partial charge in [-0.1, -0.05) is 6.07 Å². The van der Waals surface area contributed by atoms with Crippen LogP contribution in [0.2, 0.25) is 0 Å². The molecule has 0 unspecified atom stereocenters. The van der Waals surface area contributed by atoms with Gasteiger partial charge in [-0.3, -0.25) is 14.5 Å². The van der Waals surface area contributed by atoms with E-state index in [1.807, 2.05) is 4.90 Å². The highest BCUT2D eigenvalue weighted by atomic mass is 35.5. The van der Waals surface area contributed by atoms with Crippen LogP contribution in [0.25, 0.3) is 0 Å². The van der Waals surface area contributed by atoms with Crippen molar-refractivity contribution in [2.45, 2.75) is 0 Å². The van der Waals surface area contributed by atoms with Gasteiger partial charge in [0.05, 0.1) is 19.8 Å². The van der Waals surface area contributed by atoms with E-state index in [0.29, 0.717) is 31.0 Å². The highest BCUT2D eigenvalue weighted by molar-refractivity contribution is 5.96. The fraction of sp³-hybridized carbons (Fsp3) is 0.385. The lowest BCUT2D eigenvalue weighted by atomic mass is 10.2. The summed E-state index contributed by atoms with van der Waals surface area (Å²) in [7, 11) is 0. The summed E-state index contributed by atoms with van der Waals surface area (Å²) in [6.45, 7) is 3.16. The van der Waals surface area contributed by atoms with E-state index in [1.54, 1.807) is 24.3 Å². The number of anilines is 1. The Morgan fingerprint density at radius 3 is 2.65 bits per heavy atom. The molecule has 1 aromatic carbocycles. The fourth-order valence-electron chi connectivity index (χ4n) is 1.91. The molecule has 2 rings (SSSR count). The standard InChI is InChI=1S/C13H17N3O3.ClH/c14-13(18)10-2-1-3-11(8-10)15-12(17)9-16-4-6-19-7-5-16;/h1-3,8H,4-7,9H2,(H2,14,18)(H,15,17);1H. The number of amides is 2. The number of ether oxygens (including phenoxy) is 1. The summed E-state index contributed by atoms with van der Waals surface area (Å²) in [4.78, 5) is 24.9. The first-order chi connectivity index (χ1) is 9.15. The number of halogens is 1. The van der Waals surface area contributed by atoms with E-state index in [0.717, 1.165) is 13.1 Å². The Morgan fingerprint density at radius 1 is 1.30 bits per heavy atom. The van der Waals surface area contributed by atoms with Gasteiger partial charge in [0.25, 0.3) is 0 Å². The van der Waals surface area contributed by atoms with Crippen molar-refractivity contribution in [3.63, 3.8) is 0 Å². The number of morpholine rings is 1. The molecule has 0 atom stereocenters. The van der Waals surface area contributed by atoms with Crippen LogP contribution in [0.3, 0.4) is 0 Å². The Hall–Kier alpha value is -1.63. The fourth-order valence-corrected chi connectivity index (χ4v) is 1.91. The number of primary amides is 1. The van der Waals surface area contributed by atoms with Crippen LogP contribution in [-0.4, -0.2) is 49.6 Å². The smallest absolute Gasteiger partial charge is 0.248 e. The van der Waals surface area contributed by atoms with E-state index in [-0.39, 0.29) is 18.3 Å². The van der Waals surface area contributed by atoms with E-state index in [4.69, 9.17) is 10.5 Å². The van der Waals surface area contributed by atoms with Crippen molar-refractivity contribution in [2.24, 2.45) is 5.73 Å². The van der Waals surface area contributed by atoms with E-state index < -0.39 is 5.91 Å². The highest BCUT2D eigenvalue weighted by Gasteiger charge is 2.14. The maximum Gasteiger partial charge on any atom is 0.248 e. The van der Waals surface area contributed by atoms with Gasteiger partial charge in [0.15, 0.2) is 0 Å². The number of carbonyl (C=O) groups excluding carboxylic acids is 2. The molecule has 1 saturated heterocycles. The first-order valence-corrected chi connectivity index (χ1v) is 6.15. The van der Waals surface area contributed by atoms with Crippen molar-refractivity contribution >= 4 is 29.9 Å². The third-order valence-electron chi connectivity index (χ3n) is 2.90. The summed E-state index contributed by atoms with van der Waals surface area (Å²) in [5.41, 5.74) is 6.15. The molecular formula is C13H18ClN3O3. The van der Waals surface area contributed by atoms with Gasteiger partial charge in [0.1, 0.15) is 0 Å². The second kappa shape index (κ2) is 7.84. The number of nitrogens with zero attached hydrogens (tertiary/aromatic N) is 1. The molecule has 0 aromatic heterocycles. The van der Waals surface area contributed by atoms with Gasteiger partial charge in [0, 0.05) is 24.3 Å².